The van der Waals surface area contributed by atoms with Crippen molar-refractivity contribution in [1.82, 2.24) is 9.97 Å². The zero-order valence-electron chi connectivity index (χ0n) is 8.31. The molecular weight excluding hydrogens is 204 g/mol. The monoisotopic (exact) mass is 212 g/mol. The summed E-state index contributed by atoms with van der Waals surface area (Å²) in [6, 6.07) is 9.19. The Morgan fingerprint density at radius 1 is 1.25 bits per heavy atom. The number of imidazole rings is 1. The predicted octanol–water partition coefficient (Wildman–Crippen LogP) is 2.64. The van der Waals surface area contributed by atoms with Gasteiger partial charge in [0.15, 0.2) is 12.0 Å². The summed E-state index contributed by atoms with van der Waals surface area (Å²) in [7, 11) is 0. The number of nitrogens with one attached hydrogen (secondary N) is 1. The van der Waals surface area contributed by atoms with Crippen molar-refractivity contribution in [3.05, 3.63) is 42.4 Å². The Kier molecular flexibility index (Phi) is 1.86. The highest BCUT2D eigenvalue weighted by atomic mass is 16.3. The standard InChI is InChI=1S/C12H8N2O2/c15-6-8-4-5-11(16-8)9-2-1-3-10-12(9)14-7-13-10/h1-7H,(H,13,14). The molecule has 0 fully saturated rings. The van der Waals surface area contributed by atoms with Crippen molar-refractivity contribution >= 4 is 17.3 Å². The molecular formula is C12H8N2O2. The van der Waals surface area contributed by atoms with Crippen LogP contribution in [-0.4, -0.2) is 16.3 Å². The molecule has 16 heavy (non-hydrogen) atoms. The number of aldehydes is 1. The first-order chi connectivity index (χ1) is 7.88. The molecule has 2 heterocycles. The molecule has 0 amide bonds. The third kappa shape index (κ3) is 1.24. The van der Waals surface area contributed by atoms with Crippen molar-refractivity contribution < 1.29 is 9.21 Å². The fraction of sp³-hybridized carbons (Fsp3) is 0. The number of furan rings is 1. The smallest absolute Gasteiger partial charge is 0.185 e. The topological polar surface area (TPSA) is 58.9 Å². The van der Waals surface area contributed by atoms with Gasteiger partial charge in [0.1, 0.15) is 5.76 Å². The number of rotatable bonds is 2. The van der Waals surface area contributed by atoms with Gasteiger partial charge < -0.3 is 9.40 Å². The van der Waals surface area contributed by atoms with Crippen LogP contribution in [-0.2, 0) is 0 Å². The van der Waals surface area contributed by atoms with Gasteiger partial charge in [-0.3, -0.25) is 4.79 Å². The number of benzene rings is 1. The van der Waals surface area contributed by atoms with Crippen molar-refractivity contribution in [3.8, 4) is 11.3 Å². The zero-order valence-corrected chi connectivity index (χ0v) is 8.31. The van der Waals surface area contributed by atoms with Gasteiger partial charge in [-0.2, -0.15) is 0 Å². The maximum atomic E-state index is 10.5. The highest BCUT2D eigenvalue weighted by Gasteiger charge is 2.09. The molecule has 0 saturated carbocycles. The minimum Gasteiger partial charge on any atom is -0.453 e. The summed E-state index contributed by atoms with van der Waals surface area (Å²) in [5.74, 6) is 0.974. The second-order valence-corrected chi connectivity index (χ2v) is 3.42. The highest BCUT2D eigenvalue weighted by molar-refractivity contribution is 5.90. The van der Waals surface area contributed by atoms with Crippen LogP contribution in [0.3, 0.4) is 0 Å². The molecule has 0 saturated heterocycles. The lowest BCUT2D eigenvalue weighted by molar-refractivity contribution is 0.110. The number of para-hydroxylation sites is 1. The first-order valence-corrected chi connectivity index (χ1v) is 4.86. The lowest BCUT2D eigenvalue weighted by atomic mass is 10.1. The van der Waals surface area contributed by atoms with Gasteiger partial charge in [0.25, 0.3) is 0 Å². The van der Waals surface area contributed by atoms with Crippen LogP contribution in [0.5, 0.6) is 0 Å². The number of H-pyrrole nitrogens is 1. The first-order valence-electron chi connectivity index (χ1n) is 4.86. The van der Waals surface area contributed by atoms with E-state index in [-0.39, 0.29) is 0 Å². The van der Waals surface area contributed by atoms with Crippen LogP contribution in [0, 0.1) is 0 Å². The van der Waals surface area contributed by atoms with E-state index < -0.39 is 0 Å². The van der Waals surface area contributed by atoms with E-state index in [0.717, 1.165) is 16.6 Å². The van der Waals surface area contributed by atoms with E-state index >= 15 is 0 Å². The lowest BCUT2D eigenvalue weighted by Gasteiger charge is -1.97. The molecule has 4 nitrogen and oxygen atoms in total. The lowest BCUT2D eigenvalue weighted by Crippen LogP contribution is -1.77. The van der Waals surface area contributed by atoms with E-state index in [1.165, 1.54) is 0 Å². The van der Waals surface area contributed by atoms with E-state index in [2.05, 4.69) is 9.97 Å². The van der Waals surface area contributed by atoms with Crippen LogP contribution in [0.15, 0.2) is 41.1 Å². The molecule has 0 aliphatic carbocycles. The molecule has 1 N–H and O–H groups in total. The van der Waals surface area contributed by atoms with Gasteiger partial charge in [-0.15, -0.1) is 0 Å². The Morgan fingerprint density at radius 2 is 2.19 bits per heavy atom. The van der Waals surface area contributed by atoms with Crippen LogP contribution < -0.4 is 0 Å². The Balaban J connectivity index is 2.24. The van der Waals surface area contributed by atoms with E-state index in [1.807, 2.05) is 18.2 Å². The maximum Gasteiger partial charge on any atom is 0.185 e. The van der Waals surface area contributed by atoms with Crippen molar-refractivity contribution in [1.29, 1.82) is 0 Å². The van der Waals surface area contributed by atoms with Gasteiger partial charge in [-0.05, 0) is 24.3 Å². The zero-order chi connectivity index (χ0) is 11.0. The third-order valence-electron chi connectivity index (χ3n) is 2.46. The van der Waals surface area contributed by atoms with E-state index in [0.29, 0.717) is 17.8 Å². The molecule has 0 spiro atoms. The molecule has 0 radical (unpaired) electrons. The summed E-state index contributed by atoms with van der Waals surface area (Å²) in [6.07, 6.45) is 2.33. The largest absolute Gasteiger partial charge is 0.453 e. The molecule has 2 aromatic heterocycles. The highest BCUT2D eigenvalue weighted by Crippen LogP contribution is 2.27. The SMILES string of the molecule is O=Cc1ccc(-c2cccc3[nH]cnc23)o1. The Hall–Kier alpha value is -2.36. The molecule has 1 aromatic carbocycles. The van der Waals surface area contributed by atoms with Crippen LogP contribution >= 0.6 is 0 Å². The summed E-state index contributed by atoms with van der Waals surface area (Å²) in [6.45, 7) is 0. The quantitative estimate of drug-likeness (QED) is 0.664. The average Bonchev–Trinajstić information content (AvgIpc) is 2.97. The van der Waals surface area contributed by atoms with E-state index in [9.17, 15) is 4.79 Å². The van der Waals surface area contributed by atoms with E-state index in [1.54, 1.807) is 18.5 Å². The number of hydrogen-bond donors (Lipinski definition) is 1. The molecule has 0 atom stereocenters. The molecule has 3 aromatic rings. The van der Waals surface area contributed by atoms with Gasteiger partial charge in [0.2, 0.25) is 0 Å². The van der Waals surface area contributed by atoms with Crippen LogP contribution in [0.25, 0.3) is 22.4 Å². The summed E-state index contributed by atoms with van der Waals surface area (Å²) in [5, 5.41) is 0. The molecule has 0 bridgehead atoms. The van der Waals surface area contributed by atoms with E-state index in [4.69, 9.17) is 4.42 Å². The summed E-state index contributed by atoms with van der Waals surface area (Å²) < 4.78 is 5.37. The number of carbonyl (C=O) groups excluding carboxylic acids is 1. The fourth-order valence-electron chi connectivity index (χ4n) is 1.73. The summed E-state index contributed by atoms with van der Waals surface area (Å²) in [5.41, 5.74) is 2.67. The summed E-state index contributed by atoms with van der Waals surface area (Å²) >= 11 is 0. The second kappa shape index (κ2) is 3.34. The molecule has 0 aliphatic rings. The minimum absolute atomic E-state index is 0.322. The number of fused-ring (bicyclic) bond motifs is 1. The van der Waals surface area contributed by atoms with Crippen molar-refractivity contribution in [2.75, 3.05) is 0 Å². The van der Waals surface area contributed by atoms with Crippen molar-refractivity contribution in [2.45, 2.75) is 0 Å². The molecule has 78 valence electrons. The number of nitrogens with zero attached hydrogens (tertiary/aromatic N) is 1. The Bertz CT molecular complexity index is 652. The normalized spacial score (nSPS) is 10.8. The fourth-order valence-corrected chi connectivity index (χ4v) is 1.73. The van der Waals surface area contributed by atoms with Gasteiger partial charge in [-0.1, -0.05) is 6.07 Å². The Labute approximate surface area is 90.9 Å². The minimum atomic E-state index is 0.322. The van der Waals surface area contributed by atoms with Crippen molar-refractivity contribution in [2.24, 2.45) is 0 Å². The van der Waals surface area contributed by atoms with Crippen LogP contribution in [0.2, 0.25) is 0 Å². The number of hydrogen-bond acceptors (Lipinski definition) is 3. The van der Waals surface area contributed by atoms with Gasteiger partial charge in [0, 0.05) is 5.56 Å². The number of aromatic nitrogens is 2. The predicted molar refractivity (Wildman–Crippen MR) is 59.2 cm³/mol. The van der Waals surface area contributed by atoms with Gasteiger partial charge in [-0.25, -0.2) is 4.98 Å². The van der Waals surface area contributed by atoms with Gasteiger partial charge in [0.05, 0.1) is 17.4 Å². The molecule has 0 aliphatic heterocycles. The molecule has 3 rings (SSSR count). The molecule has 4 heteroatoms. The van der Waals surface area contributed by atoms with Gasteiger partial charge >= 0.3 is 0 Å². The Morgan fingerprint density at radius 3 is 3.00 bits per heavy atom. The van der Waals surface area contributed by atoms with Crippen LogP contribution in [0.4, 0.5) is 0 Å². The number of carbonyl (C=O) groups is 1. The van der Waals surface area contributed by atoms with Crippen LogP contribution in [0.1, 0.15) is 10.6 Å². The number of aromatic amines is 1. The third-order valence-corrected chi connectivity index (χ3v) is 2.46. The average molecular weight is 212 g/mol. The first kappa shape index (κ1) is 8.91. The molecule has 0 unspecified atom stereocenters. The van der Waals surface area contributed by atoms with Crippen molar-refractivity contribution in [3.63, 3.8) is 0 Å². The summed E-state index contributed by atoms with van der Waals surface area (Å²) in [4.78, 5) is 17.8. The second-order valence-electron chi connectivity index (χ2n) is 3.42. The maximum absolute atomic E-state index is 10.5.